The van der Waals surface area contributed by atoms with Gasteiger partial charge in [0, 0.05) is 44.3 Å². The molecule has 1 N–H and O–H groups in total. The van der Waals surface area contributed by atoms with Crippen molar-refractivity contribution in [2.24, 2.45) is 17.3 Å². The van der Waals surface area contributed by atoms with Crippen LogP contribution < -0.4 is 5.32 Å². The van der Waals surface area contributed by atoms with Gasteiger partial charge in [0.15, 0.2) is 0 Å². The number of nitrogens with zero attached hydrogens (tertiary/aromatic N) is 4. The largest absolute Gasteiger partial charge is 0.342 e. The quantitative estimate of drug-likeness (QED) is 0.369. The molecule has 0 bridgehead atoms. The number of anilines is 1. The van der Waals surface area contributed by atoms with E-state index < -0.39 is 0 Å². The number of carbonyl (C=O) groups excluding carboxylic acids is 3. The molecule has 244 valence electrons. The van der Waals surface area contributed by atoms with Crippen LogP contribution in [0.1, 0.15) is 85.1 Å². The smallest absolute Gasteiger partial charge is 0.322 e. The molecule has 8 nitrogen and oxygen atoms in total. The summed E-state index contributed by atoms with van der Waals surface area (Å²) >= 11 is 1.76. The Morgan fingerprint density at radius 2 is 1.68 bits per heavy atom. The van der Waals surface area contributed by atoms with E-state index in [0.29, 0.717) is 25.6 Å². The molecular formula is C35H55N5O3S. The van der Waals surface area contributed by atoms with Crippen LogP contribution in [0.5, 0.6) is 0 Å². The average Bonchev–Trinajstić information content (AvgIpc) is 3.19. The average molecular weight is 626 g/mol. The Bertz CT molecular complexity index is 1150. The lowest BCUT2D eigenvalue weighted by Gasteiger charge is -2.38. The zero-order chi connectivity index (χ0) is 31.4. The molecule has 1 unspecified atom stereocenters. The number of hydrogen-bond donors (Lipinski definition) is 1. The number of benzene rings is 1. The van der Waals surface area contributed by atoms with Crippen LogP contribution in [0, 0.1) is 17.3 Å². The highest BCUT2D eigenvalue weighted by molar-refractivity contribution is 8.01. The Hall–Kier alpha value is -2.26. The minimum absolute atomic E-state index is 0.0418. The van der Waals surface area contributed by atoms with Crippen molar-refractivity contribution in [3.8, 4) is 0 Å². The molecule has 0 aromatic heterocycles. The Balaban J connectivity index is 1.15. The summed E-state index contributed by atoms with van der Waals surface area (Å²) in [4.78, 5) is 49.1. The van der Waals surface area contributed by atoms with Gasteiger partial charge in [-0.1, -0.05) is 52.8 Å². The molecule has 2 atom stereocenters. The molecule has 1 aromatic carbocycles. The number of urea groups is 1. The van der Waals surface area contributed by atoms with E-state index in [1.165, 1.54) is 18.5 Å². The van der Waals surface area contributed by atoms with Crippen molar-refractivity contribution >= 4 is 35.3 Å². The monoisotopic (exact) mass is 625 g/mol. The van der Waals surface area contributed by atoms with Crippen LogP contribution in [-0.2, 0) is 16.0 Å². The van der Waals surface area contributed by atoms with E-state index in [2.05, 4.69) is 55.8 Å². The minimum atomic E-state index is -0.293. The van der Waals surface area contributed by atoms with Gasteiger partial charge in [0.25, 0.3) is 0 Å². The van der Waals surface area contributed by atoms with Gasteiger partial charge in [0.05, 0.1) is 10.6 Å². The lowest BCUT2D eigenvalue weighted by atomic mass is 9.91. The second-order valence-electron chi connectivity index (χ2n) is 15.1. The summed E-state index contributed by atoms with van der Waals surface area (Å²) < 4.78 is 0. The van der Waals surface area contributed by atoms with Gasteiger partial charge < -0.3 is 24.9 Å². The van der Waals surface area contributed by atoms with Crippen LogP contribution in [-0.4, -0.2) is 99.9 Å². The Morgan fingerprint density at radius 3 is 2.36 bits per heavy atom. The molecule has 44 heavy (non-hydrogen) atoms. The molecule has 0 saturated carbocycles. The number of piperidine rings is 2. The first-order valence-corrected chi connectivity index (χ1v) is 18.0. The van der Waals surface area contributed by atoms with Crippen LogP contribution in [0.15, 0.2) is 24.3 Å². The van der Waals surface area contributed by atoms with Crippen molar-refractivity contribution in [2.45, 2.75) is 103 Å². The zero-order valence-corrected chi connectivity index (χ0v) is 28.5. The first kappa shape index (κ1) is 33.1. The van der Waals surface area contributed by atoms with Crippen LogP contribution in [0.2, 0.25) is 0 Å². The first-order valence-electron chi connectivity index (χ1n) is 17.1. The van der Waals surface area contributed by atoms with E-state index >= 15 is 0 Å². The first-order chi connectivity index (χ1) is 21.0. The Labute approximate surface area is 269 Å². The maximum absolute atomic E-state index is 13.8. The molecule has 1 aromatic rings. The summed E-state index contributed by atoms with van der Waals surface area (Å²) in [7, 11) is 0. The lowest BCUT2D eigenvalue weighted by molar-refractivity contribution is -0.137. The molecule has 3 saturated heterocycles. The second kappa shape index (κ2) is 14.4. The fourth-order valence-corrected chi connectivity index (χ4v) is 8.84. The SMILES string of the molecule is CC(C)CCN1CCC(C2S[C@H](CC(=O)N3CCC(N4CCc5ccccc5NC4=O)CC3)C(=O)N2CCC(C)(C)C)CC1. The highest BCUT2D eigenvalue weighted by atomic mass is 32.2. The number of carbonyl (C=O) groups is 3. The topological polar surface area (TPSA) is 76.2 Å². The van der Waals surface area contributed by atoms with Gasteiger partial charge in [-0.3, -0.25) is 9.59 Å². The fraction of sp³-hybridized carbons (Fsp3) is 0.743. The van der Waals surface area contributed by atoms with Crippen molar-refractivity contribution in [1.82, 2.24) is 19.6 Å². The van der Waals surface area contributed by atoms with Gasteiger partial charge in [-0.2, -0.15) is 0 Å². The number of para-hydroxylation sites is 1. The van der Waals surface area contributed by atoms with E-state index in [1.54, 1.807) is 11.8 Å². The number of hydrogen-bond acceptors (Lipinski definition) is 5. The van der Waals surface area contributed by atoms with Crippen LogP contribution in [0.3, 0.4) is 0 Å². The molecule has 0 spiro atoms. The van der Waals surface area contributed by atoms with Crippen LogP contribution in [0.25, 0.3) is 0 Å². The molecule has 4 amide bonds. The van der Waals surface area contributed by atoms with E-state index in [0.717, 1.165) is 69.8 Å². The normalized spacial score (nSPS) is 24.5. The Kier molecular flexibility index (Phi) is 10.9. The maximum Gasteiger partial charge on any atom is 0.322 e. The van der Waals surface area contributed by atoms with Crippen LogP contribution in [0.4, 0.5) is 10.5 Å². The third-order valence-corrected chi connectivity index (χ3v) is 11.7. The zero-order valence-electron chi connectivity index (χ0n) is 27.7. The lowest BCUT2D eigenvalue weighted by Crippen LogP contribution is -2.50. The van der Waals surface area contributed by atoms with E-state index in [9.17, 15) is 14.4 Å². The number of thioether (sulfide) groups is 1. The predicted molar refractivity (Wildman–Crippen MR) is 180 cm³/mol. The highest BCUT2D eigenvalue weighted by Crippen LogP contribution is 2.42. The number of rotatable bonds is 9. The summed E-state index contributed by atoms with van der Waals surface area (Å²) in [6.45, 7) is 17.4. The molecule has 4 aliphatic heterocycles. The van der Waals surface area contributed by atoms with Crippen LogP contribution >= 0.6 is 11.8 Å². The summed E-state index contributed by atoms with van der Waals surface area (Å²) in [5.74, 6) is 1.46. The number of fused-ring (bicyclic) bond motifs is 1. The van der Waals surface area contributed by atoms with Gasteiger partial charge in [0.1, 0.15) is 0 Å². The van der Waals surface area contributed by atoms with Gasteiger partial charge in [-0.15, -0.1) is 11.8 Å². The summed E-state index contributed by atoms with van der Waals surface area (Å²) in [5.41, 5.74) is 2.22. The minimum Gasteiger partial charge on any atom is -0.342 e. The van der Waals surface area contributed by atoms with E-state index in [-0.39, 0.29) is 46.3 Å². The fourth-order valence-electron chi connectivity index (χ4n) is 7.16. The maximum atomic E-state index is 13.8. The molecule has 0 radical (unpaired) electrons. The third-order valence-electron chi connectivity index (χ3n) is 10.1. The molecule has 4 heterocycles. The summed E-state index contributed by atoms with van der Waals surface area (Å²) in [6.07, 6.45) is 7.11. The third kappa shape index (κ3) is 8.31. The summed E-state index contributed by atoms with van der Waals surface area (Å²) in [5, 5.41) is 2.96. The van der Waals surface area contributed by atoms with Gasteiger partial charge >= 0.3 is 6.03 Å². The molecule has 0 aliphatic carbocycles. The van der Waals surface area contributed by atoms with Gasteiger partial charge in [0.2, 0.25) is 11.8 Å². The van der Waals surface area contributed by atoms with Gasteiger partial charge in [-0.05, 0) is 93.5 Å². The van der Waals surface area contributed by atoms with E-state index in [4.69, 9.17) is 0 Å². The predicted octanol–water partition coefficient (Wildman–Crippen LogP) is 5.92. The molecule has 3 fully saturated rings. The van der Waals surface area contributed by atoms with Gasteiger partial charge in [-0.25, -0.2) is 4.79 Å². The van der Waals surface area contributed by atoms with E-state index in [1.807, 2.05) is 28.0 Å². The van der Waals surface area contributed by atoms with Crippen molar-refractivity contribution in [3.05, 3.63) is 29.8 Å². The highest BCUT2D eigenvalue weighted by Gasteiger charge is 2.46. The van der Waals surface area contributed by atoms with Crippen molar-refractivity contribution in [3.63, 3.8) is 0 Å². The molecule has 9 heteroatoms. The molecule has 5 rings (SSSR count). The number of nitrogens with one attached hydrogen (secondary N) is 1. The second-order valence-corrected chi connectivity index (χ2v) is 16.4. The van der Waals surface area contributed by atoms with Crippen molar-refractivity contribution < 1.29 is 14.4 Å². The summed E-state index contributed by atoms with van der Waals surface area (Å²) in [6, 6.07) is 8.09. The van der Waals surface area contributed by atoms with Crippen molar-refractivity contribution in [2.75, 3.05) is 51.1 Å². The number of amides is 4. The molecule has 4 aliphatic rings. The van der Waals surface area contributed by atoms with Crippen molar-refractivity contribution in [1.29, 1.82) is 0 Å². The Morgan fingerprint density at radius 1 is 0.977 bits per heavy atom. The molecular weight excluding hydrogens is 570 g/mol. The number of likely N-dealkylation sites (tertiary alicyclic amines) is 2. The standard InChI is InChI=1S/C35H55N5O3S/c1-25(2)10-17-37-18-11-27(12-19-37)33-40(23-16-35(3,4)5)32(42)30(44-33)24-31(41)38-20-14-28(15-21-38)39-22-13-26-8-6-7-9-29(26)36-34(39)43/h6-9,25,27-28,30,33H,10-24H2,1-5H3,(H,36,43)/t30-,33?/m1/s1.